The number of hydrogen-bond donors (Lipinski definition) is 1. The Morgan fingerprint density at radius 1 is 1.24 bits per heavy atom. The zero-order valence-corrected chi connectivity index (χ0v) is 14.2. The molecular formula is C17H30N4. The molecule has 1 aromatic heterocycles. The maximum absolute atomic E-state index is 4.77. The molecule has 0 saturated carbocycles. The van der Waals surface area contributed by atoms with E-state index in [4.69, 9.17) is 4.98 Å². The minimum Gasteiger partial charge on any atom is -0.365 e. The Balaban J connectivity index is 1.96. The third-order valence-electron chi connectivity index (χ3n) is 3.80. The van der Waals surface area contributed by atoms with Crippen LogP contribution in [-0.4, -0.2) is 49.2 Å². The smallest absolute Gasteiger partial charge is 0.130 e. The molecule has 0 unspecified atom stereocenters. The van der Waals surface area contributed by atoms with Crippen LogP contribution in [0.3, 0.4) is 0 Å². The minimum absolute atomic E-state index is 0.0460. The molecule has 2 rings (SSSR count). The summed E-state index contributed by atoms with van der Waals surface area (Å²) in [5.41, 5.74) is 0.0460. The van der Waals surface area contributed by atoms with Gasteiger partial charge in [0, 0.05) is 25.2 Å². The Morgan fingerprint density at radius 2 is 1.90 bits per heavy atom. The second-order valence-corrected chi connectivity index (χ2v) is 7.45. The Hall–Kier alpha value is -1.29. The summed E-state index contributed by atoms with van der Waals surface area (Å²) >= 11 is 0. The van der Waals surface area contributed by atoms with Crippen LogP contribution in [0.2, 0.25) is 0 Å². The molecule has 1 N–H and O–H groups in total. The van der Waals surface area contributed by atoms with Crippen molar-refractivity contribution in [2.24, 2.45) is 5.92 Å². The van der Waals surface area contributed by atoms with Gasteiger partial charge in [0.2, 0.25) is 0 Å². The number of pyridine rings is 1. The molecule has 1 aliphatic rings. The maximum Gasteiger partial charge on any atom is 0.130 e. The monoisotopic (exact) mass is 290 g/mol. The number of piperidine rings is 1. The topological polar surface area (TPSA) is 31.4 Å². The summed E-state index contributed by atoms with van der Waals surface area (Å²) < 4.78 is 0. The van der Waals surface area contributed by atoms with Crippen molar-refractivity contribution in [2.45, 2.75) is 39.2 Å². The highest BCUT2D eigenvalue weighted by Crippen LogP contribution is 2.24. The highest BCUT2D eigenvalue weighted by molar-refractivity contribution is 5.48. The van der Waals surface area contributed by atoms with E-state index in [1.54, 1.807) is 0 Å². The molecule has 4 nitrogen and oxygen atoms in total. The molecule has 1 saturated heterocycles. The summed E-state index contributed by atoms with van der Waals surface area (Å²) in [5.74, 6) is 2.90. The van der Waals surface area contributed by atoms with Crippen LogP contribution in [0.25, 0.3) is 0 Å². The summed E-state index contributed by atoms with van der Waals surface area (Å²) in [6.07, 6.45) is 2.52. The molecule has 0 radical (unpaired) electrons. The van der Waals surface area contributed by atoms with E-state index in [0.29, 0.717) is 0 Å². The minimum atomic E-state index is 0.0460. The zero-order valence-electron chi connectivity index (χ0n) is 14.2. The van der Waals surface area contributed by atoms with Gasteiger partial charge in [-0.1, -0.05) is 6.07 Å². The van der Waals surface area contributed by atoms with E-state index in [9.17, 15) is 0 Å². The van der Waals surface area contributed by atoms with E-state index in [1.807, 2.05) is 6.07 Å². The molecule has 1 fully saturated rings. The molecule has 0 aliphatic carbocycles. The van der Waals surface area contributed by atoms with Gasteiger partial charge in [-0.3, -0.25) is 0 Å². The van der Waals surface area contributed by atoms with Crippen LogP contribution in [0.1, 0.15) is 33.6 Å². The predicted molar refractivity (Wildman–Crippen MR) is 91.1 cm³/mol. The third kappa shape index (κ3) is 5.20. The van der Waals surface area contributed by atoms with Crippen LogP contribution in [0.4, 0.5) is 11.6 Å². The fourth-order valence-electron chi connectivity index (χ4n) is 2.91. The van der Waals surface area contributed by atoms with Gasteiger partial charge in [0.1, 0.15) is 11.6 Å². The molecule has 21 heavy (non-hydrogen) atoms. The van der Waals surface area contributed by atoms with Crippen molar-refractivity contribution in [3.63, 3.8) is 0 Å². The average molecular weight is 290 g/mol. The largest absolute Gasteiger partial charge is 0.365 e. The van der Waals surface area contributed by atoms with Gasteiger partial charge >= 0.3 is 0 Å². The van der Waals surface area contributed by atoms with Crippen molar-refractivity contribution < 1.29 is 0 Å². The van der Waals surface area contributed by atoms with Crippen LogP contribution in [0, 0.1) is 5.92 Å². The fraction of sp³-hybridized carbons (Fsp3) is 0.706. The van der Waals surface area contributed by atoms with E-state index in [0.717, 1.165) is 30.6 Å². The summed E-state index contributed by atoms with van der Waals surface area (Å²) in [6.45, 7) is 9.91. The lowest BCUT2D eigenvalue weighted by molar-refractivity contribution is 0.284. The van der Waals surface area contributed by atoms with Gasteiger partial charge in [-0.25, -0.2) is 4.98 Å². The van der Waals surface area contributed by atoms with E-state index >= 15 is 0 Å². The van der Waals surface area contributed by atoms with E-state index in [-0.39, 0.29) is 5.54 Å². The van der Waals surface area contributed by atoms with Crippen molar-refractivity contribution >= 4 is 11.6 Å². The molecule has 2 heterocycles. The van der Waals surface area contributed by atoms with Crippen molar-refractivity contribution in [1.82, 2.24) is 9.88 Å². The molecule has 1 aliphatic heterocycles. The van der Waals surface area contributed by atoms with Gasteiger partial charge in [-0.15, -0.1) is 0 Å². The van der Waals surface area contributed by atoms with Crippen LogP contribution in [0.15, 0.2) is 18.2 Å². The number of nitrogens with zero attached hydrogens (tertiary/aromatic N) is 3. The summed E-state index contributed by atoms with van der Waals surface area (Å²) in [5, 5.41) is 3.45. The highest BCUT2D eigenvalue weighted by atomic mass is 15.2. The number of aromatic nitrogens is 1. The lowest BCUT2D eigenvalue weighted by Gasteiger charge is -2.34. The van der Waals surface area contributed by atoms with E-state index in [2.05, 4.69) is 62.1 Å². The normalized spacial score (nSPS) is 17.3. The van der Waals surface area contributed by atoms with E-state index < -0.39 is 0 Å². The van der Waals surface area contributed by atoms with Crippen LogP contribution in [0.5, 0.6) is 0 Å². The van der Waals surface area contributed by atoms with Gasteiger partial charge in [-0.2, -0.15) is 0 Å². The zero-order chi connectivity index (χ0) is 15.5. The molecule has 0 spiro atoms. The second kappa shape index (κ2) is 6.65. The lowest BCUT2D eigenvalue weighted by atomic mass is 9.96. The maximum atomic E-state index is 4.77. The van der Waals surface area contributed by atoms with Gasteiger partial charge in [-0.05, 0) is 65.8 Å². The Morgan fingerprint density at radius 3 is 2.48 bits per heavy atom. The fourth-order valence-corrected chi connectivity index (χ4v) is 2.91. The first-order valence-corrected chi connectivity index (χ1v) is 7.98. The van der Waals surface area contributed by atoms with Crippen molar-refractivity contribution in [1.29, 1.82) is 0 Å². The van der Waals surface area contributed by atoms with Gasteiger partial charge < -0.3 is 15.1 Å². The van der Waals surface area contributed by atoms with Crippen molar-refractivity contribution in [3.05, 3.63) is 18.2 Å². The molecule has 118 valence electrons. The molecule has 4 heteroatoms. The summed E-state index contributed by atoms with van der Waals surface area (Å²) in [7, 11) is 4.32. The number of rotatable bonds is 4. The summed E-state index contributed by atoms with van der Waals surface area (Å²) in [6, 6.07) is 6.27. The molecular weight excluding hydrogens is 260 g/mol. The van der Waals surface area contributed by atoms with Crippen LogP contribution in [-0.2, 0) is 0 Å². The average Bonchev–Trinajstić information content (AvgIpc) is 2.37. The first-order valence-electron chi connectivity index (χ1n) is 7.98. The predicted octanol–water partition coefficient (Wildman–Crippen LogP) is 3.07. The van der Waals surface area contributed by atoms with Gasteiger partial charge in [0.25, 0.3) is 0 Å². The number of hydrogen-bond acceptors (Lipinski definition) is 4. The first kappa shape index (κ1) is 16.1. The standard InChI is InChI=1S/C17H30N4/c1-17(2,3)19-15-7-6-8-16(18-15)21-11-9-14(10-12-21)13-20(4)5/h6-8,14H,9-13H2,1-5H3,(H,18,19). The van der Waals surface area contributed by atoms with Gasteiger partial charge in [0.15, 0.2) is 0 Å². The third-order valence-corrected chi connectivity index (χ3v) is 3.80. The van der Waals surface area contributed by atoms with Crippen molar-refractivity contribution in [2.75, 3.05) is 43.9 Å². The molecule has 1 aromatic rings. The second-order valence-electron chi connectivity index (χ2n) is 7.45. The number of anilines is 2. The van der Waals surface area contributed by atoms with Crippen LogP contribution >= 0.6 is 0 Å². The Labute approximate surface area is 129 Å². The van der Waals surface area contributed by atoms with Gasteiger partial charge in [0.05, 0.1) is 0 Å². The lowest BCUT2D eigenvalue weighted by Crippen LogP contribution is -2.37. The summed E-state index contributed by atoms with van der Waals surface area (Å²) in [4.78, 5) is 9.49. The van der Waals surface area contributed by atoms with Crippen molar-refractivity contribution in [3.8, 4) is 0 Å². The Bertz CT molecular complexity index is 442. The molecule has 0 atom stereocenters. The molecule has 0 aromatic carbocycles. The first-order chi connectivity index (χ1) is 9.83. The van der Waals surface area contributed by atoms with Crippen LogP contribution < -0.4 is 10.2 Å². The molecule has 0 amide bonds. The SMILES string of the molecule is CN(C)CC1CCN(c2cccc(NC(C)(C)C)n2)CC1. The Kier molecular flexibility index (Phi) is 5.09. The molecule has 0 bridgehead atoms. The number of nitrogens with one attached hydrogen (secondary N) is 1. The highest BCUT2D eigenvalue weighted by Gasteiger charge is 2.21. The quantitative estimate of drug-likeness (QED) is 0.923. The van der Waals surface area contributed by atoms with E-state index in [1.165, 1.54) is 19.4 Å².